The van der Waals surface area contributed by atoms with E-state index < -0.39 is 10.0 Å². The molecule has 0 radical (unpaired) electrons. The molecule has 0 spiro atoms. The molecule has 1 aliphatic heterocycles. The molecule has 3 rings (SSSR count). The van der Waals surface area contributed by atoms with Crippen LogP contribution in [-0.2, 0) is 20.6 Å². The Labute approximate surface area is 187 Å². The maximum atomic E-state index is 12.5. The summed E-state index contributed by atoms with van der Waals surface area (Å²) in [5.41, 5.74) is 1.08. The van der Waals surface area contributed by atoms with Gasteiger partial charge in [0.15, 0.2) is 0 Å². The molecule has 0 unspecified atom stereocenters. The topological polar surface area (TPSA) is 75.7 Å². The molecule has 0 aromatic heterocycles. The van der Waals surface area contributed by atoms with Gasteiger partial charge in [-0.05, 0) is 54.8 Å². The molecule has 6 nitrogen and oxygen atoms in total. The Kier molecular flexibility index (Phi) is 8.44. The van der Waals surface area contributed by atoms with Gasteiger partial charge in [0.1, 0.15) is 12.4 Å². The fraction of sp³-hybridized carbons (Fsp3) is 0.381. The number of hydrogen-bond donors (Lipinski definition) is 1. The Hall–Kier alpha value is -1.74. The van der Waals surface area contributed by atoms with E-state index in [1.54, 1.807) is 24.3 Å². The van der Waals surface area contributed by atoms with Gasteiger partial charge in [-0.3, -0.25) is 4.79 Å². The summed E-state index contributed by atoms with van der Waals surface area (Å²) < 4.78 is 32.1. The summed E-state index contributed by atoms with van der Waals surface area (Å²) in [5.74, 6) is 1.59. The molecule has 162 valence electrons. The highest BCUT2D eigenvalue weighted by Crippen LogP contribution is 2.23. The van der Waals surface area contributed by atoms with Crippen LogP contribution in [0.5, 0.6) is 5.75 Å². The molecule has 0 bridgehead atoms. The van der Waals surface area contributed by atoms with Crippen molar-refractivity contribution in [2.24, 2.45) is 0 Å². The van der Waals surface area contributed by atoms with E-state index in [-0.39, 0.29) is 10.8 Å². The highest BCUT2D eigenvalue weighted by Gasteiger charge is 2.26. The summed E-state index contributed by atoms with van der Waals surface area (Å²) in [5, 5.41) is 3.50. The van der Waals surface area contributed by atoms with Crippen molar-refractivity contribution in [2.45, 2.75) is 23.5 Å². The van der Waals surface area contributed by atoms with E-state index in [4.69, 9.17) is 16.3 Å². The van der Waals surface area contributed by atoms with Crippen LogP contribution in [0.15, 0.2) is 53.4 Å². The van der Waals surface area contributed by atoms with Crippen LogP contribution in [0, 0.1) is 0 Å². The first-order valence-electron chi connectivity index (χ1n) is 9.77. The third-order valence-corrected chi connectivity index (χ3v) is 7.76. The van der Waals surface area contributed by atoms with Crippen LogP contribution in [0.2, 0.25) is 5.02 Å². The first-order chi connectivity index (χ1) is 14.4. The highest BCUT2D eigenvalue weighted by molar-refractivity contribution is 7.99. The van der Waals surface area contributed by atoms with Crippen LogP contribution >= 0.6 is 23.4 Å². The number of halogens is 1. The monoisotopic (exact) mass is 468 g/mol. The first kappa shape index (κ1) is 22.9. The molecule has 1 N–H and O–H groups in total. The van der Waals surface area contributed by atoms with Crippen molar-refractivity contribution in [1.29, 1.82) is 0 Å². The van der Waals surface area contributed by atoms with E-state index in [1.807, 2.05) is 24.3 Å². The molecule has 1 amide bonds. The van der Waals surface area contributed by atoms with Gasteiger partial charge < -0.3 is 10.1 Å². The van der Waals surface area contributed by atoms with Gasteiger partial charge >= 0.3 is 0 Å². The zero-order chi connectivity index (χ0) is 21.4. The molecule has 1 aliphatic rings. The summed E-state index contributed by atoms with van der Waals surface area (Å²) in [6, 6.07) is 14.0. The molecule has 2 aromatic rings. The van der Waals surface area contributed by atoms with Gasteiger partial charge in [0, 0.05) is 23.9 Å². The molecular weight excluding hydrogens is 444 g/mol. The lowest BCUT2D eigenvalue weighted by Gasteiger charge is -2.15. The molecular formula is C21H25ClN2O4S2. The lowest BCUT2D eigenvalue weighted by atomic mass is 10.2. The van der Waals surface area contributed by atoms with Gasteiger partial charge in [0.25, 0.3) is 0 Å². The zero-order valence-electron chi connectivity index (χ0n) is 16.6. The van der Waals surface area contributed by atoms with Crippen molar-refractivity contribution in [1.82, 2.24) is 9.62 Å². The van der Waals surface area contributed by atoms with E-state index in [2.05, 4.69) is 5.32 Å². The minimum Gasteiger partial charge on any atom is -0.492 e. The van der Waals surface area contributed by atoms with Gasteiger partial charge in [-0.1, -0.05) is 23.7 Å². The minimum atomic E-state index is -3.41. The molecule has 0 saturated carbocycles. The summed E-state index contributed by atoms with van der Waals surface area (Å²) in [6.45, 7) is 1.85. The van der Waals surface area contributed by atoms with Crippen LogP contribution in [-0.4, -0.2) is 50.6 Å². The van der Waals surface area contributed by atoms with Gasteiger partial charge in [0.05, 0.1) is 17.2 Å². The van der Waals surface area contributed by atoms with E-state index in [0.717, 1.165) is 24.2 Å². The van der Waals surface area contributed by atoms with Crippen molar-refractivity contribution in [3.63, 3.8) is 0 Å². The Morgan fingerprint density at radius 2 is 1.87 bits per heavy atom. The Morgan fingerprint density at radius 1 is 1.13 bits per heavy atom. The third kappa shape index (κ3) is 6.63. The smallest absolute Gasteiger partial charge is 0.243 e. The lowest BCUT2D eigenvalue weighted by molar-refractivity contribution is -0.118. The minimum absolute atomic E-state index is 0.0577. The maximum Gasteiger partial charge on any atom is 0.243 e. The lowest BCUT2D eigenvalue weighted by Crippen LogP contribution is -2.29. The molecule has 0 atom stereocenters. The second-order valence-electron chi connectivity index (χ2n) is 6.90. The zero-order valence-corrected chi connectivity index (χ0v) is 18.9. The van der Waals surface area contributed by atoms with E-state index in [1.165, 1.54) is 16.1 Å². The predicted octanol–water partition coefficient (Wildman–Crippen LogP) is 3.55. The van der Waals surface area contributed by atoms with Crippen molar-refractivity contribution >= 4 is 39.3 Å². The fourth-order valence-electron chi connectivity index (χ4n) is 3.08. The van der Waals surface area contributed by atoms with E-state index in [9.17, 15) is 13.2 Å². The fourth-order valence-corrected chi connectivity index (χ4v) is 5.62. The van der Waals surface area contributed by atoms with Crippen molar-refractivity contribution in [2.75, 3.05) is 32.0 Å². The quantitative estimate of drug-likeness (QED) is 0.539. The molecule has 0 aliphatic carbocycles. The second-order valence-corrected chi connectivity index (χ2v) is 10.3. The number of thioether (sulfide) groups is 1. The number of sulfonamides is 1. The largest absolute Gasteiger partial charge is 0.492 e. The first-order valence-corrected chi connectivity index (χ1v) is 12.7. The number of carbonyl (C=O) groups is 1. The third-order valence-electron chi connectivity index (χ3n) is 4.61. The van der Waals surface area contributed by atoms with Crippen molar-refractivity contribution in [3.05, 3.63) is 59.1 Å². The van der Waals surface area contributed by atoms with Gasteiger partial charge in [-0.15, -0.1) is 11.8 Å². The maximum absolute atomic E-state index is 12.5. The van der Waals surface area contributed by atoms with Crippen molar-refractivity contribution in [3.8, 4) is 5.75 Å². The Morgan fingerprint density at radius 3 is 2.57 bits per heavy atom. The van der Waals surface area contributed by atoms with Crippen LogP contribution in [0.3, 0.4) is 0 Å². The molecule has 9 heteroatoms. The Bertz CT molecular complexity index is 946. The van der Waals surface area contributed by atoms with E-state index >= 15 is 0 Å². The van der Waals surface area contributed by atoms with E-state index in [0.29, 0.717) is 42.8 Å². The Balaban J connectivity index is 1.34. The normalized spacial score (nSPS) is 14.6. The van der Waals surface area contributed by atoms with Gasteiger partial charge in [0.2, 0.25) is 15.9 Å². The van der Waals surface area contributed by atoms with Gasteiger partial charge in [-0.2, -0.15) is 4.31 Å². The molecule has 2 aromatic carbocycles. The molecule has 1 fully saturated rings. The summed E-state index contributed by atoms with van der Waals surface area (Å²) in [4.78, 5) is 12.2. The second kappa shape index (κ2) is 11.0. The summed E-state index contributed by atoms with van der Waals surface area (Å²) in [6.07, 6.45) is 1.82. The number of amides is 1. The van der Waals surface area contributed by atoms with Crippen molar-refractivity contribution < 1.29 is 17.9 Å². The number of benzene rings is 2. The van der Waals surface area contributed by atoms with Gasteiger partial charge in [-0.25, -0.2) is 8.42 Å². The average molecular weight is 469 g/mol. The highest BCUT2D eigenvalue weighted by atomic mass is 35.5. The molecule has 1 heterocycles. The van der Waals surface area contributed by atoms with Crippen LogP contribution < -0.4 is 10.1 Å². The predicted molar refractivity (Wildman–Crippen MR) is 121 cm³/mol. The standard InChI is InChI=1S/C21H25ClN2O4S2/c22-18-5-3-4-17(14-18)15-29-16-21(25)23-10-13-28-19-6-8-20(9-7-19)30(26,27)24-11-1-2-12-24/h3-9,14H,1-2,10-13,15-16H2,(H,23,25). The van der Waals surface area contributed by atoms with Crippen LogP contribution in [0.4, 0.5) is 0 Å². The average Bonchev–Trinajstić information content (AvgIpc) is 3.28. The number of rotatable bonds is 10. The van der Waals surface area contributed by atoms with Crippen LogP contribution in [0.25, 0.3) is 0 Å². The number of nitrogens with one attached hydrogen (secondary N) is 1. The molecule has 1 saturated heterocycles. The summed E-state index contributed by atoms with van der Waals surface area (Å²) in [7, 11) is -3.41. The number of hydrogen-bond acceptors (Lipinski definition) is 5. The number of ether oxygens (including phenoxy) is 1. The number of nitrogens with zero attached hydrogens (tertiary/aromatic N) is 1. The SMILES string of the molecule is O=C(CSCc1cccc(Cl)c1)NCCOc1ccc(S(=O)(=O)N2CCCC2)cc1. The molecule has 30 heavy (non-hydrogen) atoms. The van der Waals surface area contributed by atoms with Crippen LogP contribution in [0.1, 0.15) is 18.4 Å². The summed E-state index contributed by atoms with van der Waals surface area (Å²) >= 11 is 7.47. The number of carbonyl (C=O) groups excluding carboxylic acids is 1.